The molecule has 8 nitrogen and oxygen atoms in total. The topological polar surface area (TPSA) is 149 Å². The SMILES string of the molecule is CC1(C)C=C2C3CC[C@@H]4[C@@]5(C)CC[C@H](O)C(C)(C)[C@@H]5CC[C@@]4(C)[C@]3(C)CC[C@@]2(C(=O)O)CC1.CN(C)C(=N)N=C(N)N. The van der Waals surface area contributed by atoms with E-state index >= 15 is 0 Å². The summed E-state index contributed by atoms with van der Waals surface area (Å²) < 4.78 is 0. The summed E-state index contributed by atoms with van der Waals surface area (Å²) in [5.41, 5.74) is 11.4. The minimum atomic E-state index is -0.624. The monoisotopic (exact) mass is 585 g/mol. The highest BCUT2D eigenvalue weighted by molar-refractivity contribution is 5.91. The van der Waals surface area contributed by atoms with Crippen molar-refractivity contribution in [2.24, 2.45) is 66.7 Å². The summed E-state index contributed by atoms with van der Waals surface area (Å²) >= 11 is 0. The highest BCUT2D eigenvalue weighted by atomic mass is 16.4. The molecule has 4 saturated carbocycles. The van der Waals surface area contributed by atoms with Crippen molar-refractivity contribution in [1.29, 1.82) is 5.41 Å². The molecule has 0 radical (unpaired) electrons. The molecule has 0 aromatic heterocycles. The van der Waals surface area contributed by atoms with Crippen LogP contribution in [0.5, 0.6) is 0 Å². The minimum absolute atomic E-state index is 0.0208. The van der Waals surface area contributed by atoms with E-state index in [2.05, 4.69) is 59.5 Å². The van der Waals surface area contributed by atoms with Crippen LogP contribution in [0.3, 0.4) is 0 Å². The average Bonchev–Trinajstić information content (AvgIpc) is 2.86. The van der Waals surface area contributed by atoms with Gasteiger partial charge < -0.3 is 26.6 Å². The van der Waals surface area contributed by atoms with Crippen LogP contribution in [0.25, 0.3) is 0 Å². The largest absolute Gasteiger partial charge is 0.481 e. The Hall–Kier alpha value is -2.09. The zero-order valence-corrected chi connectivity index (χ0v) is 27.8. The Bertz CT molecular complexity index is 1160. The first-order valence-corrected chi connectivity index (χ1v) is 16.2. The zero-order chi connectivity index (χ0) is 31.7. The van der Waals surface area contributed by atoms with Crippen LogP contribution < -0.4 is 11.5 Å². The molecule has 0 aromatic rings. The number of carbonyl (C=O) groups is 1. The van der Waals surface area contributed by atoms with Gasteiger partial charge in [-0.15, -0.1) is 0 Å². The molecule has 0 spiro atoms. The second-order valence-electron chi connectivity index (χ2n) is 16.7. The van der Waals surface area contributed by atoms with Crippen molar-refractivity contribution in [2.75, 3.05) is 14.1 Å². The van der Waals surface area contributed by atoms with Crippen molar-refractivity contribution in [3.05, 3.63) is 11.6 Å². The third-order valence-electron chi connectivity index (χ3n) is 13.7. The van der Waals surface area contributed by atoms with Crippen molar-refractivity contribution in [1.82, 2.24) is 4.90 Å². The van der Waals surface area contributed by atoms with Gasteiger partial charge in [0.15, 0.2) is 5.96 Å². The molecular formula is C34H59N5O3. The summed E-state index contributed by atoms with van der Waals surface area (Å²) in [5, 5.41) is 28.4. The van der Waals surface area contributed by atoms with Crippen LogP contribution in [-0.2, 0) is 4.79 Å². The van der Waals surface area contributed by atoms with Gasteiger partial charge >= 0.3 is 5.97 Å². The van der Waals surface area contributed by atoms with Crippen LogP contribution in [0.2, 0.25) is 0 Å². The third-order valence-corrected chi connectivity index (χ3v) is 13.7. The number of aliphatic imine (C=N–C) groups is 1. The molecule has 0 amide bonds. The van der Waals surface area contributed by atoms with Gasteiger partial charge in [0, 0.05) is 14.1 Å². The lowest BCUT2D eigenvalue weighted by Crippen LogP contribution is -2.66. The van der Waals surface area contributed by atoms with Gasteiger partial charge in [-0.05, 0) is 109 Å². The number of guanidine groups is 2. The van der Waals surface area contributed by atoms with E-state index in [9.17, 15) is 15.0 Å². The van der Waals surface area contributed by atoms with Crippen molar-refractivity contribution in [2.45, 2.75) is 119 Å². The molecule has 1 unspecified atom stereocenters. The summed E-state index contributed by atoms with van der Waals surface area (Å²) in [6.45, 7) is 16.9. The summed E-state index contributed by atoms with van der Waals surface area (Å²) in [4.78, 5) is 17.7. The van der Waals surface area contributed by atoms with E-state index in [1.54, 1.807) is 14.1 Å². The Kier molecular flexibility index (Phi) is 8.22. The maximum atomic E-state index is 12.7. The molecule has 238 valence electrons. The number of nitrogens with two attached hydrogens (primary N) is 2. The van der Waals surface area contributed by atoms with Crippen molar-refractivity contribution in [3.8, 4) is 0 Å². The molecule has 5 aliphatic carbocycles. The summed E-state index contributed by atoms with van der Waals surface area (Å²) in [5.74, 6) is 1.01. The highest BCUT2D eigenvalue weighted by Crippen LogP contribution is 2.76. The van der Waals surface area contributed by atoms with E-state index in [4.69, 9.17) is 16.9 Å². The van der Waals surface area contributed by atoms with Gasteiger partial charge in [-0.25, -0.2) is 0 Å². The number of carboxylic acids is 1. The third kappa shape index (κ3) is 4.88. The quantitative estimate of drug-likeness (QED) is 0.145. The van der Waals surface area contributed by atoms with Crippen LogP contribution in [0.15, 0.2) is 16.6 Å². The predicted octanol–water partition coefficient (Wildman–Crippen LogP) is 5.99. The van der Waals surface area contributed by atoms with Crippen LogP contribution in [-0.4, -0.2) is 53.2 Å². The lowest BCUT2D eigenvalue weighted by atomic mass is 9.32. The second-order valence-corrected chi connectivity index (χ2v) is 16.7. The van der Waals surface area contributed by atoms with Crippen LogP contribution in [0.1, 0.15) is 113 Å². The number of nitrogens with one attached hydrogen (secondary N) is 1. The molecule has 8 heteroatoms. The van der Waals surface area contributed by atoms with Crippen molar-refractivity contribution in [3.63, 3.8) is 0 Å². The molecule has 4 fully saturated rings. The maximum absolute atomic E-state index is 12.7. The molecule has 5 rings (SSSR count). The Morgan fingerprint density at radius 1 is 0.881 bits per heavy atom. The van der Waals surface area contributed by atoms with Gasteiger partial charge in [0.25, 0.3) is 0 Å². The Morgan fingerprint density at radius 2 is 1.50 bits per heavy atom. The molecule has 0 heterocycles. The van der Waals surface area contributed by atoms with Crippen LogP contribution in [0.4, 0.5) is 0 Å². The number of fused-ring (bicyclic) bond motifs is 7. The average molecular weight is 586 g/mol. The molecule has 7 N–H and O–H groups in total. The van der Waals surface area contributed by atoms with Crippen molar-refractivity contribution >= 4 is 17.9 Å². The number of aliphatic hydroxyl groups is 1. The van der Waals surface area contributed by atoms with Crippen molar-refractivity contribution < 1.29 is 15.0 Å². The number of aliphatic carboxylic acids is 1. The van der Waals surface area contributed by atoms with E-state index < -0.39 is 11.4 Å². The first kappa shape index (κ1) is 32.8. The number of hydrogen-bond donors (Lipinski definition) is 5. The van der Waals surface area contributed by atoms with E-state index in [1.807, 2.05) is 0 Å². The molecule has 5 aliphatic rings. The van der Waals surface area contributed by atoms with E-state index in [1.165, 1.54) is 29.7 Å². The molecular weight excluding hydrogens is 526 g/mol. The first-order valence-electron chi connectivity index (χ1n) is 16.2. The lowest BCUT2D eigenvalue weighted by Gasteiger charge is -2.72. The number of nitrogens with zero attached hydrogens (tertiary/aromatic N) is 2. The van der Waals surface area contributed by atoms with Crippen LogP contribution in [0, 0.1) is 55.7 Å². The number of allylic oxidation sites excluding steroid dienone is 1. The first-order chi connectivity index (χ1) is 19.2. The zero-order valence-electron chi connectivity index (χ0n) is 27.8. The van der Waals surface area contributed by atoms with Crippen LogP contribution >= 0.6 is 0 Å². The molecule has 0 bridgehead atoms. The Labute approximate surface area is 254 Å². The molecule has 0 saturated heterocycles. The number of aliphatic hydroxyl groups excluding tert-OH is 1. The van der Waals surface area contributed by atoms with Gasteiger partial charge in [-0.1, -0.05) is 60.1 Å². The van der Waals surface area contributed by atoms with Gasteiger partial charge in [-0.3, -0.25) is 10.2 Å². The Morgan fingerprint density at radius 3 is 2.05 bits per heavy atom. The number of carboxylic acid groups (broad SMARTS) is 1. The smallest absolute Gasteiger partial charge is 0.313 e. The van der Waals surface area contributed by atoms with Gasteiger partial charge in [0.1, 0.15) is 0 Å². The normalized spacial score (nSPS) is 43.0. The summed E-state index contributed by atoms with van der Waals surface area (Å²) in [6, 6.07) is 0. The highest BCUT2D eigenvalue weighted by Gasteiger charge is 2.69. The molecule has 8 atom stereocenters. The van der Waals surface area contributed by atoms with E-state index in [-0.39, 0.29) is 45.1 Å². The lowest BCUT2D eigenvalue weighted by molar-refractivity contribution is -0.229. The standard InChI is InChI=1S/C30H48O3.C4H11N5/c1-25(2)14-16-30(24(32)33)17-15-28(6)19(20(30)18-25)8-9-22-27(5)12-11-23(31)26(3,4)21(27)10-13-29(22,28)7;1-9(2)4(7)8-3(5)6/h18-19,21-23,31H,8-17H2,1-7H3,(H,32,33);1-2H3,(H5,5,6,7,8)/t19?,21-,22+,23-,27-,28+,29+,30-;/m0./s1. The van der Waals surface area contributed by atoms with E-state index in [0.717, 1.165) is 44.9 Å². The summed E-state index contributed by atoms with van der Waals surface area (Å²) in [7, 11) is 3.38. The second kappa shape index (κ2) is 10.5. The molecule has 0 aromatic carbocycles. The fourth-order valence-electron chi connectivity index (χ4n) is 10.9. The van der Waals surface area contributed by atoms with Gasteiger partial charge in [0.05, 0.1) is 11.5 Å². The maximum Gasteiger partial charge on any atom is 0.313 e. The predicted molar refractivity (Wildman–Crippen MR) is 170 cm³/mol. The van der Waals surface area contributed by atoms with Gasteiger partial charge in [0.2, 0.25) is 5.96 Å². The fraction of sp³-hybridized carbons (Fsp3) is 0.853. The molecule has 0 aliphatic heterocycles. The van der Waals surface area contributed by atoms with E-state index in [0.29, 0.717) is 17.8 Å². The fourth-order valence-corrected chi connectivity index (χ4v) is 10.9. The van der Waals surface area contributed by atoms with Gasteiger partial charge in [-0.2, -0.15) is 4.99 Å². The number of hydrogen-bond acceptors (Lipinski definition) is 3. The number of rotatable bonds is 1. The summed E-state index contributed by atoms with van der Waals surface area (Å²) in [6.07, 6.45) is 12.7. The minimum Gasteiger partial charge on any atom is -0.481 e. The molecule has 42 heavy (non-hydrogen) atoms. The Balaban J connectivity index is 0.000000392.